The molecule has 0 unspecified atom stereocenters. The van der Waals surface area contributed by atoms with Crippen LogP contribution >= 0.6 is 0 Å². The minimum Gasteiger partial charge on any atom is -0.326 e. The van der Waals surface area contributed by atoms with Crippen LogP contribution in [0.5, 0.6) is 0 Å². The van der Waals surface area contributed by atoms with E-state index in [-0.39, 0.29) is 0 Å². The Labute approximate surface area is 137 Å². The second-order valence-corrected chi connectivity index (χ2v) is 6.32. The zero-order chi connectivity index (χ0) is 16.0. The van der Waals surface area contributed by atoms with Crippen molar-refractivity contribution in [2.45, 2.75) is 25.7 Å². The molecule has 1 aliphatic carbocycles. The average molecular weight is 303 g/mol. The molecule has 0 aromatic heterocycles. The van der Waals surface area contributed by atoms with Gasteiger partial charge >= 0.3 is 0 Å². The molecule has 0 spiro atoms. The third-order valence-corrected chi connectivity index (χ3v) is 4.68. The molecule has 1 aliphatic heterocycles. The molecule has 2 aliphatic rings. The lowest BCUT2D eigenvalue weighted by Gasteiger charge is -2.35. The van der Waals surface area contributed by atoms with E-state index in [1.807, 2.05) is 7.05 Å². The third-order valence-electron chi connectivity index (χ3n) is 4.68. The molecule has 1 heterocycles. The van der Waals surface area contributed by atoms with E-state index >= 15 is 0 Å². The average Bonchev–Trinajstić information content (AvgIpc) is 3.40. The fourth-order valence-corrected chi connectivity index (χ4v) is 3.28. The molecule has 3 heteroatoms. The lowest BCUT2D eigenvalue weighted by molar-refractivity contribution is 0.979. The summed E-state index contributed by atoms with van der Waals surface area (Å²) in [7, 11) is 1.82. The molecule has 2 aromatic carbocycles. The zero-order valence-electron chi connectivity index (χ0n) is 13.6. The number of amidine groups is 1. The number of hydrogen-bond acceptors (Lipinski definition) is 2. The van der Waals surface area contributed by atoms with Crippen molar-refractivity contribution < 1.29 is 0 Å². The molecule has 3 nitrogen and oxygen atoms in total. The van der Waals surface area contributed by atoms with Crippen LogP contribution in [0.15, 0.2) is 59.9 Å². The Morgan fingerprint density at radius 2 is 1.91 bits per heavy atom. The molecule has 0 bridgehead atoms. The van der Waals surface area contributed by atoms with Crippen LogP contribution in [0.1, 0.15) is 35.4 Å². The maximum atomic E-state index is 4.40. The Balaban J connectivity index is 1.92. The normalized spacial score (nSPS) is 18.8. The quantitative estimate of drug-likeness (QED) is 0.887. The van der Waals surface area contributed by atoms with Gasteiger partial charge in [-0.05, 0) is 55.0 Å². The molecule has 2 aromatic rings. The Morgan fingerprint density at radius 1 is 1.13 bits per heavy atom. The predicted octanol–water partition coefficient (Wildman–Crippen LogP) is 4.46. The number of nitrogens with zero attached hydrogens (tertiary/aromatic N) is 2. The van der Waals surface area contributed by atoms with Crippen LogP contribution in [0.3, 0.4) is 0 Å². The van der Waals surface area contributed by atoms with Crippen LogP contribution in [0.4, 0.5) is 11.4 Å². The molecule has 1 saturated carbocycles. The van der Waals surface area contributed by atoms with Gasteiger partial charge in [0, 0.05) is 12.6 Å². The van der Waals surface area contributed by atoms with Crippen molar-refractivity contribution in [1.29, 1.82) is 0 Å². The van der Waals surface area contributed by atoms with Gasteiger partial charge in [-0.25, -0.2) is 0 Å². The summed E-state index contributed by atoms with van der Waals surface area (Å²) in [6, 6.07) is 15.2. The van der Waals surface area contributed by atoms with Crippen molar-refractivity contribution in [2.75, 3.05) is 11.9 Å². The molecular weight excluding hydrogens is 282 g/mol. The van der Waals surface area contributed by atoms with E-state index in [1.165, 1.54) is 29.7 Å². The first-order valence-corrected chi connectivity index (χ1v) is 8.12. The molecule has 1 N–H and O–H groups in total. The number of para-hydroxylation sites is 1. The first kappa shape index (κ1) is 14.1. The number of nitrogens with one attached hydrogen (secondary N) is 1. The summed E-state index contributed by atoms with van der Waals surface area (Å²) in [5, 5.41) is 3.34. The Kier molecular flexibility index (Phi) is 3.22. The van der Waals surface area contributed by atoms with E-state index in [0.717, 1.165) is 28.8 Å². The predicted molar refractivity (Wildman–Crippen MR) is 96.5 cm³/mol. The van der Waals surface area contributed by atoms with Crippen LogP contribution in [-0.2, 0) is 0 Å². The molecule has 0 radical (unpaired) electrons. The van der Waals surface area contributed by atoms with Gasteiger partial charge in [0.2, 0.25) is 0 Å². The van der Waals surface area contributed by atoms with E-state index in [1.54, 1.807) is 0 Å². The summed E-state index contributed by atoms with van der Waals surface area (Å²) < 4.78 is 0. The van der Waals surface area contributed by atoms with E-state index in [2.05, 4.69) is 71.2 Å². The lowest BCUT2D eigenvalue weighted by atomic mass is 10.0. The van der Waals surface area contributed by atoms with Crippen LogP contribution < -0.4 is 10.2 Å². The highest BCUT2D eigenvalue weighted by Crippen LogP contribution is 2.44. The highest BCUT2D eigenvalue weighted by Gasteiger charge is 2.29. The standard InChI is InChI=1S/C20H21N3/c1-13-6-4-5-7-18(13)23-14(2)22-20(21-3)17-11-10-16(12-19(17)23)15-8-9-15/h4-7,10-12,15H,2,8-9H2,1,3H3,(H,21,22). The molecule has 0 saturated heterocycles. The summed E-state index contributed by atoms with van der Waals surface area (Å²) in [6.45, 7) is 6.37. The molecule has 116 valence electrons. The van der Waals surface area contributed by atoms with E-state index < -0.39 is 0 Å². The first-order chi connectivity index (χ1) is 11.2. The van der Waals surface area contributed by atoms with E-state index in [9.17, 15) is 0 Å². The van der Waals surface area contributed by atoms with Gasteiger partial charge in [-0.15, -0.1) is 0 Å². The number of anilines is 2. The van der Waals surface area contributed by atoms with Crippen molar-refractivity contribution in [3.63, 3.8) is 0 Å². The number of fused-ring (bicyclic) bond motifs is 1. The molecule has 1 fully saturated rings. The summed E-state index contributed by atoms with van der Waals surface area (Å²) in [4.78, 5) is 6.61. The summed E-state index contributed by atoms with van der Waals surface area (Å²) in [5.74, 6) is 2.46. The molecule has 0 amide bonds. The summed E-state index contributed by atoms with van der Waals surface area (Å²) in [6.07, 6.45) is 2.61. The minimum absolute atomic E-state index is 0.726. The smallest absolute Gasteiger partial charge is 0.135 e. The van der Waals surface area contributed by atoms with Crippen LogP contribution in [0.2, 0.25) is 0 Å². The van der Waals surface area contributed by atoms with Crippen molar-refractivity contribution in [2.24, 2.45) is 4.99 Å². The largest absolute Gasteiger partial charge is 0.326 e. The van der Waals surface area contributed by atoms with Crippen LogP contribution in [-0.4, -0.2) is 12.9 Å². The van der Waals surface area contributed by atoms with Crippen molar-refractivity contribution >= 4 is 17.2 Å². The van der Waals surface area contributed by atoms with Crippen LogP contribution in [0, 0.1) is 6.92 Å². The highest BCUT2D eigenvalue weighted by atomic mass is 15.3. The number of benzene rings is 2. The van der Waals surface area contributed by atoms with Gasteiger partial charge in [0.1, 0.15) is 11.7 Å². The second kappa shape index (κ2) is 5.27. The Morgan fingerprint density at radius 3 is 2.61 bits per heavy atom. The number of rotatable bonds is 2. The number of aryl methyl sites for hydroxylation is 1. The fraction of sp³-hybridized carbons (Fsp3) is 0.250. The minimum atomic E-state index is 0.726. The highest BCUT2D eigenvalue weighted by molar-refractivity contribution is 6.08. The third kappa shape index (κ3) is 2.33. The van der Waals surface area contributed by atoms with Crippen molar-refractivity contribution in [3.8, 4) is 0 Å². The maximum Gasteiger partial charge on any atom is 0.135 e. The SMILES string of the molecule is C=C1NC(=NC)c2ccc(C3CC3)cc2N1c1ccccc1C. The number of aliphatic imine (C=N–C) groups is 1. The van der Waals surface area contributed by atoms with Crippen molar-refractivity contribution in [1.82, 2.24) is 5.32 Å². The summed E-state index contributed by atoms with van der Waals surface area (Å²) >= 11 is 0. The zero-order valence-corrected chi connectivity index (χ0v) is 13.6. The van der Waals surface area contributed by atoms with Crippen molar-refractivity contribution in [3.05, 3.63) is 71.6 Å². The first-order valence-electron chi connectivity index (χ1n) is 8.12. The van der Waals surface area contributed by atoms with Crippen LogP contribution in [0.25, 0.3) is 0 Å². The molecule has 0 atom stereocenters. The van der Waals surface area contributed by atoms with Gasteiger partial charge < -0.3 is 5.32 Å². The number of hydrogen-bond donors (Lipinski definition) is 1. The van der Waals surface area contributed by atoms with Gasteiger partial charge in [0.05, 0.1) is 11.4 Å². The van der Waals surface area contributed by atoms with Gasteiger partial charge in [-0.1, -0.05) is 30.8 Å². The Hall–Kier alpha value is -2.55. The van der Waals surface area contributed by atoms with E-state index in [0.29, 0.717) is 0 Å². The monoisotopic (exact) mass is 303 g/mol. The summed E-state index contributed by atoms with van der Waals surface area (Å²) in [5.41, 5.74) is 6.12. The van der Waals surface area contributed by atoms with Gasteiger partial charge in [-0.2, -0.15) is 0 Å². The second-order valence-electron chi connectivity index (χ2n) is 6.32. The lowest BCUT2D eigenvalue weighted by Crippen LogP contribution is -2.39. The Bertz CT molecular complexity index is 815. The topological polar surface area (TPSA) is 27.6 Å². The van der Waals surface area contributed by atoms with Gasteiger partial charge in [0.25, 0.3) is 0 Å². The van der Waals surface area contributed by atoms with E-state index in [4.69, 9.17) is 0 Å². The van der Waals surface area contributed by atoms with Gasteiger partial charge in [0.15, 0.2) is 0 Å². The molecular formula is C20H21N3. The maximum absolute atomic E-state index is 4.40. The van der Waals surface area contributed by atoms with Gasteiger partial charge in [-0.3, -0.25) is 9.89 Å². The fourth-order valence-electron chi connectivity index (χ4n) is 3.28. The molecule has 23 heavy (non-hydrogen) atoms. The molecule has 4 rings (SSSR count).